The fraction of sp³-hybridized carbons (Fsp3) is 0.450. The first kappa shape index (κ1) is 19.4. The molecule has 26 heavy (non-hydrogen) atoms. The number of benzene rings is 1. The standard InChI is InChI=1S/C20H27BrN4S/c1-15-3-8-19(26-15)13-23-20(22-2)24-18-9-11-25(12-10-18)14-16-4-6-17(21)7-5-16/h3-8,18H,9-14H2,1-2H3,(H2,22,23,24). The van der Waals surface area contributed by atoms with Gasteiger partial charge in [0.25, 0.3) is 0 Å². The SMILES string of the molecule is CN=C(NCc1ccc(C)s1)NC1CCN(Cc2ccc(Br)cc2)CC1. The van der Waals surface area contributed by atoms with Crippen LogP contribution in [0.2, 0.25) is 0 Å². The van der Waals surface area contributed by atoms with Gasteiger partial charge in [-0.25, -0.2) is 0 Å². The van der Waals surface area contributed by atoms with E-state index in [1.54, 1.807) is 0 Å². The molecule has 1 aromatic carbocycles. The smallest absolute Gasteiger partial charge is 0.191 e. The van der Waals surface area contributed by atoms with Crippen molar-refractivity contribution in [2.75, 3.05) is 20.1 Å². The van der Waals surface area contributed by atoms with Crippen LogP contribution in [0.1, 0.15) is 28.2 Å². The fourth-order valence-corrected chi connectivity index (χ4v) is 4.32. The summed E-state index contributed by atoms with van der Waals surface area (Å²) in [6.45, 7) is 6.25. The van der Waals surface area contributed by atoms with Crippen molar-refractivity contribution < 1.29 is 0 Å². The monoisotopic (exact) mass is 434 g/mol. The van der Waals surface area contributed by atoms with E-state index in [0.717, 1.165) is 49.5 Å². The number of aryl methyl sites for hydroxylation is 1. The van der Waals surface area contributed by atoms with Crippen molar-refractivity contribution in [2.45, 2.75) is 38.9 Å². The van der Waals surface area contributed by atoms with Crippen molar-refractivity contribution >= 4 is 33.2 Å². The lowest BCUT2D eigenvalue weighted by atomic mass is 10.0. The van der Waals surface area contributed by atoms with E-state index >= 15 is 0 Å². The van der Waals surface area contributed by atoms with E-state index in [4.69, 9.17) is 0 Å². The zero-order chi connectivity index (χ0) is 18.4. The normalized spacial score (nSPS) is 16.7. The van der Waals surface area contributed by atoms with Gasteiger partial charge in [-0.1, -0.05) is 28.1 Å². The minimum absolute atomic E-state index is 0.493. The number of guanidine groups is 1. The number of halogens is 1. The molecule has 0 spiro atoms. The molecule has 2 heterocycles. The Bertz CT molecular complexity index is 718. The summed E-state index contributed by atoms with van der Waals surface area (Å²) >= 11 is 5.33. The summed E-state index contributed by atoms with van der Waals surface area (Å²) < 4.78 is 1.14. The Morgan fingerprint density at radius 2 is 1.92 bits per heavy atom. The molecule has 1 aliphatic rings. The van der Waals surface area contributed by atoms with Gasteiger partial charge in [-0.2, -0.15) is 0 Å². The highest BCUT2D eigenvalue weighted by Gasteiger charge is 2.20. The molecule has 0 atom stereocenters. The predicted molar refractivity (Wildman–Crippen MR) is 115 cm³/mol. The minimum Gasteiger partial charge on any atom is -0.354 e. The Morgan fingerprint density at radius 3 is 2.54 bits per heavy atom. The average molecular weight is 435 g/mol. The van der Waals surface area contributed by atoms with Crippen LogP contribution in [0.4, 0.5) is 0 Å². The molecule has 1 aliphatic heterocycles. The summed E-state index contributed by atoms with van der Waals surface area (Å²) in [6.07, 6.45) is 2.30. The third-order valence-corrected chi connectivity index (χ3v) is 6.23. The molecule has 2 N–H and O–H groups in total. The van der Waals surface area contributed by atoms with Crippen molar-refractivity contribution in [3.8, 4) is 0 Å². The molecule has 0 unspecified atom stereocenters. The number of aliphatic imine (C=N–C) groups is 1. The third-order valence-electron chi connectivity index (χ3n) is 4.70. The van der Waals surface area contributed by atoms with E-state index in [1.807, 2.05) is 18.4 Å². The van der Waals surface area contributed by atoms with Gasteiger partial charge in [0, 0.05) is 47.0 Å². The highest BCUT2D eigenvalue weighted by atomic mass is 79.9. The van der Waals surface area contributed by atoms with Gasteiger partial charge in [-0.3, -0.25) is 9.89 Å². The lowest BCUT2D eigenvalue weighted by molar-refractivity contribution is 0.198. The predicted octanol–water partition coefficient (Wildman–Crippen LogP) is 4.15. The zero-order valence-electron chi connectivity index (χ0n) is 15.5. The molecule has 0 amide bonds. The first-order valence-electron chi connectivity index (χ1n) is 9.11. The van der Waals surface area contributed by atoms with Crippen LogP contribution in [0.25, 0.3) is 0 Å². The van der Waals surface area contributed by atoms with Crippen LogP contribution >= 0.6 is 27.3 Å². The molecular formula is C20H27BrN4S. The molecule has 1 fully saturated rings. The van der Waals surface area contributed by atoms with Crippen molar-refractivity contribution in [1.29, 1.82) is 0 Å². The summed E-state index contributed by atoms with van der Waals surface area (Å²) in [5.41, 5.74) is 1.38. The van der Waals surface area contributed by atoms with Crippen LogP contribution in [-0.2, 0) is 13.1 Å². The van der Waals surface area contributed by atoms with Crippen molar-refractivity contribution in [3.05, 3.63) is 56.2 Å². The van der Waals surface area contributed by atoms with Crippen LogP contribution in [0.3, 0.4) is 0 Å². The summed E-state index contributed by atoms with van der Waals surface area (Å²) in [5, 5.41) is 7.02. The van der Waals surface area contributed by atoms with Gasteiger partial charge < -0.3 is 10.6 Å². The molecule has 0 aliphatic carbocycles. The number of hydrogen-bond acceptors (Lipinski definition) is 3. The summed E-state index contributed by atoms with van der Waals surface area (Å²) in [5.74, 6) is 0.905. The maximum atomic E-state index is 4.38. The van der Waals surface area contributed by atoms with Gasteiger partial charge in [-0.15, -0.1) is 11.3 Å². The first-order chi connectivity index (χ1) is 12.6. The van der Waals surface area contributed by atoms with Gasteiger partial charge in [0.1, 0.15) is 0 Å². The Kier molecular flexibility index (Phi) is 7.11. The lowest BCUT2D eigenvalue weighted by Gasteiger charge is -2.33. The molecule has 0 radical (unpaired) electrons. The number of rotatable bonds is 5. The quantitative estimate of drug-likeness (QED) is 0.548. The second-order valence-corrected chi connectivity index (χ2v) is 9.05. The van der Waals surface area contributed by atoms with Crippen LogP contribution in [0.15, 0.2) is 45.9 Å². The number of thiophene rings is 1. The van der Waals surface area contributed by atoms with Gasteiger partial charge in [0.15, 0.2) is 5.96 Å². The Labute approximate surface area is 168 Å². The zero-order valence-corrected chi connectivity index (χ0v) is 17.9. The van der Waals surface area contributed by atoms with E-state index in [2.05, 4.69) is 79.8 Å². The highest BCUT2D eigenvalue weighted by Crippen LogP contribution is 2.17. The van der Waals surface area contributed by atoms with Crippen LogP contribution < -0.4 is 10.6 Å². The van der Waals surface area contributed by atoms with Crippen molar-refractivity contribution in [2.24, 2.45) is 4.99 Å². The van der Waals surface area contributed by atoms with Crippen LogP contribution in [0.5, 0.6) is 0 Å². The third kappa shape index (κ3) is 5.83. The molecule has 4 nitrogen and oxygen atoms in total. The molecular weight excluding hydrogens is 408 g/mol. The van der Waals surface area contributed by atoms with Crippen LogP contribution in [0, 0.1) is 6.92 Å². The summed E-state index contributed by atoms with van der Waals surface area (Å²) in [4.78, 5) is 9.61. The van der Waals surface area contributed by atoms with Crippen molar-refractivity contribution in [3.63, 3.8) is 0 Å². The average Bonchev–Trinajstić information content (AvgIpc) is 3.07. The summed E-state index contributed by atoms with van der Waals surface area (Å²) in [6, 6.07) is 13.5. The second kappa shape index (κ2) is 9.53. The van der Waals surface area contributed by atoms with E-state index in [1.165, 1.54) is 15.3 Å². The van der Waals surface area contributed by atoms with Gasteiger partial charge in [0.05, 0.1) is 6.54 Å². The van der Waals surface area contributed by atoms with Gasteiger partial charge in [0.2, 0.25) is 0 Å². The molecule has 3 rings (SSSR count). The lowest BCUT2D eigenvalue weighted by Crippen LogP contribution is -2.48. The van der Waals surface area contributed by atoms with Gasteiger partial charge in [-0.05, 0) is 49.6 Å². The maximum Gasteiger partial charge on any atom is 0.191 e. The molecule has 2 aromatic rings. The largest absolute Gasteiger partial charge is 0.354 e. The molecule has 6 heteroatoms. The Hall–Kier alpha value is -1.37. The Morgan fingerprint density at radius 1 is 1.19 bits per heavy atom. The van der Waals surface area contributed by atoms with E-state index in [0.29, 0.717) is 6.04 Å². The van der Waals surface area contributed by atoms with Crippen LogP contribution in [-0.4, -0.2) is 37.0 Å². The van der Waals surface area contributed by atoms with E-state index in [-0.39, 0.29) is 0 Å². The van der Waals surface area contributed by atoms with Crippen molar-refractivity contribution in [1.82, 2.24) is 15.5 Å². The molecule has 0 bridgehead atoms. The summed E-state index contributed by atoms with van der Waals surface area (Å²) in [7, 11) is 1.84. The number of likely N-dealkylation sites (tertiary alicyclic amines) is 1. The van der Waals surface area contributed by atoms with E-state index in [9.17, 15) is 0 Å². The topological polar surface area (TPSA) is 39.7 Å². The number of piperidine rings is 1. The fourth-order valence-electron chi connectivity index (χ4n) is 3.22. The minimum atomic E-state index is 0.493. The van der Waals surface area contributed by atoms with E-state index < -0.39 is 0 Å². The molecule has 0 saturated carbocycles. The molecule has 1 saturated heterocycles. The first-order valence-corrected chi connectivity index (χ1v) is 10.7. The molecule has 140 valence electrons. The number of nitrogens with one attached hydrogen (secondary N) is 2. The highest BCUT2D eigenvalue weighted by molar-refractivity contribution is 9.10. The number of hydrogen-bond donors (Lipinski definition) is 2. The molecule has 1 aromatic heterocycles. The second-order valence-electron chi connectivity index (χ2n) is 6.76. The maximum absolute atomic E-state index is 4.38. The number of nitrogens with zero attached hydrogens (tertiary/aromatic N) is 2. The Balaban J connectivity index is 1.41. The van der Waals surface area contributed by atoms with Gasteiger partial charge >= 0.3 is 0 Å².